The van der Waals surface area contributed by atoms with Crippen LogP contribution in [0, 0.1) is 6.92 Å². The van der Waals surface area contributed by atoms with E-state index < -0.39 is 9.84 Å². The predicted molar refractivity (Wildman–Crippen MR) is 91.6 cm³/mol. The van der Waals surface area contributed by atoms with E-state index in [4.69, 9.17) is 5.73 Å². The lowest BCUT2D eigenvalue weighted by Crippen LogP contribution is -2.44. The highest BCUT2D eigenvalue weighted by Gasteiger charge is 2.29. The minimum atomic E-state index is -3.00. The number of benzene rings is 1. The Kier molecular flexibility index (Phi) is 4.23. The first-order valence-corrected chi connectivity index (χ1v) is 9.85. The third-order valence-corrected chi connectivity index (χ3v) is 6.37. The van der Waals surface area contributed by atoms with Gasteiger partial charge < -0.3 is 15.5 Å². The van der Waals surface area contributed by atoms with E-state index in [1.165, 1.54) is 0 Å². The van der Waals surface area contributed by atoms with E-state index in [1.54, 1.807) is 17.0 Å². The Labute approximate surface area is 137 Å². The number of nitrogens with zero attached hydrogens (tertiary/aromatic N) is 2. The number of carbonyl (C=O) groups is 1. The summed E-state index contributed by atoms with van der Waals surface area (Å²) in [5.74, 6) is 0.00204. The molecule has 6 nitrogen and oxygen atoms in total. The van der Waals surface area contributed by atoms with Crippen molar-refractivity contribution in [3.05, 3.63) is 23.3 Å². The van der Waals surface area contributed by atoms with Gasteiger partial charge in [-0.3, -0.25) is 4.79 Å². The van der Waals surface area contributed by atoms with Crippen molar-refractivity contribution >= 4 is 27.1 Å². The first-order valence-electron chi connectivity index (χ1n) is 8.03. The van der Waals surface area contributed by atoms with Crippen molar-refractivity contribution in [2.45, 2.75) is 19.8 Å². The summed E-state index contributed by atoms with van der Waals surface area (Å²) in [6, 6.07) is 3.55. The number of nitrogens with two attached hydrogens (primary N) is 1. The van der Waals surface area contributed by atoms with Crippen molar-refractivity contribution in [1.82, 2.24) is 4.90 Å². The molecule has 7 heteroatoms. The summed E-state index contributed by atoms with van der Waals surface area (Å²) < 4.78 is 23.1. The van der Waals surface area contributed by atoms with Crippen molar-refractivity contribution < 1.29 is 13.2 Å². The van der Waals surface area contributed by atoms with Crippen LogP contribution < -0.4 is 10.6 Å². The molecule has 1 aromatic carbocycles. The van der Waals surface area contributed by atoms with Crippen LogP contribution in [0.3, 0.4) is 0 Å². The van der Waals surface area contributed by atoms with E-state index in [0.29, 0.717) is 11.3 Å². The molecule has 2 aliphatic rings. The number of carbonyl (C=O) groups excluding carboxylic acids is 1. The Morgan fingerprint density at radius 1 is 1.09 bits per heavy atom. The smallest absolute Gasteiger partial charge is 0.256 e. The minimum absolute atomic E-state index is 0.0474. The highest BCUT2D eigenvalue weighted by molar-refractivity contribution is 7.91. The minimum Gasteiger partial charge on any atom is -0.398 e. The molecular formula is C16H23N3O3S. The van der Waals surface area contributed by atoms with Gasteiger partial charge in [0.25, 0.3) is 5.91 Å². The Hall–Kier alpha value is -1.76. The molecule has 0 saturated carbocycles. The van der Waals surface area contributed by atoms with Crippen LogP contribution in [0.25, 0.3) is 0 Å². The summed E-state index contributed by atoms with van der Waals surface area (Å²) in [5.41, 5.74) is 9.21. The van der Waals surface area contributed by atoms with Gasteiger partial charge in [0.15, 0.2) is 9.84 Å². The molecule has 126 valence electrons. The van der Waals surface area contributed by atoms with E-state index >= 15 is 0 Å². The number of rotatable bonds is 2. The van der Waals surface area contributed by atoms with Gasteiger partial charge in [0, 0.05) is 31.9 Å². The number of hydrogen-bond donors (Lipinski definition) is 1. The van der Waals surface area contributed by atoms with Gasteiger partial charge in [0.05, 0.1) is 22.8 Å². The molecule has 2 aliphatic heterocycles. The predicted octanol–water partition coefficient (Wildman–Crippen LogP) is 1.05. The molecule has 2 heterocycles. The summed E-state index contributed by atoms with van der Waals surface area (Å²) in [6.07, 6.45) is 2.23. The number of nitrogen functional groups attached to an aromatic ring is 1. The van der Waals surface area contributed by atoms with E-state index in [2.05, 4.69) is 4.90 Å². The number of sulfone groups is 1. The van der Waals surface area contributed by atoms with Crippen LogP contribution in [0.2, 0.25) is 0 Å². The maximum absolute atomic E-state index is 12.9. The second-order valence-electron chi connectivity index (χ2n) is 6.31. The van der Waals surface area contributed by atoms with Gasteiger partial charge in [-0.05, 0) is 37.5 Å². The van der Waals surface area contributed by atoms with Gasteiger partial charge in [0.1, 0.15) is 0 Å². The quantitative estimate of drug-likeness (QED) is 0.816. The van der Waals surface area contributed by atoms with E-state index in [0.717, 1.165) is 37.2 Å². The average Bonchev–Trinajstić information content (AvgIpc) is 3.03. The molecular weight excluding hydrogens is 314 g/mol. The van der Waals surface area contributed by atoms with E-state index in [9.17, 15) is 13.2 Å². The molecule has 0 radical (unpaired) electrons. The van der Waals surface area contributed by atoms with Crippen LogP contribution in [-0.4, -0.2) is 56.9 Å². The maximum atomic E-state index is 12.9. The van der Waals surface area contributed by atoms with Crippen LogP contribution in [0.4, 0.5) is 11.4 Å². The third-order valence-electron chi connectivity index (χ3n) is 4.76. The second-order valence-corrected chi connectivity index (χ2v) is 8.62. The van der Waals surface area contributed by atoms with Gasteiger partial charge in [-0.15, -0.1) is 0 Å². The van der Waals surface area contributed by atoms with Crippen LogP contribution in [0.15, 0.2) is 12.1 Å². The van der Waals surface area contributed by atoms with Gasteiger partial charge in [-0.25, -0.2) is 8.42 Å². The zero-order valence-electron chi connectivity index (χ0n) is 13.4. The fourth-order valence-corrected chi connectivity index (χ4v) is 4.52. The van der Waals surface area contributed by atoms with Crippen molar-refractivity contribution in [2.75, 3.05) is 48.3 Å². The number of amides is 1. The first-order chi connectivity index (χ1) is 10.9. The third kappa shape index (κ3) is 3.15. The Bertz CT molecular complexity index is 710. The molecule has 0 spiro atoms. The van der Waals surface area contributed by atoms with Crippen LogP contribution in [0.5, 0.6) is 0 Å². The molecule has 0 bridgehead atoms. The summed E-state index contributed by atoms with van der Waals surface area (Å²) in [4.78, 5) is 16.8. The topological polar surface area (TPSA) is 83.7 Å². The number of hydrogen-bond acceptors (Lipinski definition) is 5. The molecule has 1 amide bonds. The summed E-state index contributed by atoms with van der Waals surface area (Å²) in [7, 11) is -3.00. The lowest BCUT2D eigenvalue weighted by Gasteiger charge is -2.30. The molecule has 0 unspecified atom stereocenters. The fourth-order valence-electron chi connectivity index (χ4n) is 3.32. The zero-order valence-corrected chi connectivity index (χ0v) is 14.2. The van der Waals surface area contributed by atoms with E-state index in [-0.39, 0.29) is 30.5 Å². The highest BCUT2D eigenvalue weighted by Crippen LogP contribution is 2.33. The Morgan fingerprint density at radius 2 is 1.70 bits per heavy atom. The van der Waals surface area contributed by atoms with E-state index in [1.807, 2.05) is 6.92 Å². The lowest BCUT2D eigenvalue weighted by molar-refractivity contribution is 0.0771. The standard InChI is InChI=1S/C16H23N3O3S/c1-12-14(17)5-4-13(15(12)18-6-2-3-7-18)16(20)19-8-10-23(21,22)11-9-19/h4-5H,2-3,6-11,17H2,1H3. The van der Waals surface area contributed by atoms with Crippen molar-refractivity contribution in [1.29, 1.82) is 0 Å². The van der Waals surface area contributed by atoms with Crippen molar-refractivity contribution in [2.24, 2.45) is 0 Å². The molecule has 0 aromatic heterocycles. The van der Waals surface area contributed by atoms with Crippen molar-refractivity contribution in [3.8, 4) is 0 Å². The van der Waals surface area contributed by atoms with Gasteiger partial charge in [0.2, 0.25) is 0 Å². The Morgan fingerprint density at radius 3 is 2.30 bits per heavy atom. The van der Waals surface area contributed by atoms with Gasteiger partial charge in [-0.2, -0.15) is 0 Å². The monoisotopic (exact) mass is 337 g/mol. The van der Waals surface area contributed by atoms with Gasteiger partial charge in [-0.1, -0.05) is 0 Å². The van der Waals surface area contributed by atoms with Crippen molar-refractivity contribution in [3.63, 3.8) is 0 Å². The lowest BCUT2D eigenvalue weighted by atomic mass is 10.0. The van der Waals surface area contributed by atoms with Crippen LogP contribution >= 0.6 is 0 Å². The SMILES string of the molecule is Cc1c(N)ccc(C(=O)N2CCS(=O)(=O)CC2)c1N1CCCC1. The fraction of sp³-hybridized carbons (Fsp3) is 0.562. The summed E-state index contributed by atoms with van der Waals surface area (Å²) in [6.45, 7) is 4.34. The maximum Gasteiger partial charge on any atom is 0.256 e. The molecule has 1 aromatic rings. The summed E-state index contributed by atoms with van der Waals surface area (Å²) >= 11 is 0. The average molecular weight is 337 g/mol. The van der Waals surface area contributed by atoms with Gasteiger partial charge >= 0.3 is 0 Å². The number of anilines is 2. The molecule has 3 rings (SSSR count). The molecule has 23 heavy (non-hydrogen) atoms. The first kappa shape index (κ1) is 16.1. The molecule has 0 atom stereocenters. The highest BCUT2D eigenvalue weighted by atomic mass is 32.2. The zero-order chi connectivity index (χ0) is 16.6. The summed E-state index contributed by atoms with van der Waals surface area (Å²) in [5, 5.41) is 0. The molecule has 2 N–H and O–H groups in total. The normalized spacial score (nSPS) is 20.7. The van der Waals surface area contributed by atoms with Crippen LogP contribution in [0.1, 0.15) is 28.8 Å². The second kappa shape index (κ2) is 6.03. The largest absolute Gasteiger partial charge is 0.398 e. The van der Waals surface area contributed by atoms with Crippen LogP contribution in [-0.2, 0) is 9.84 Å². The molecule has 0 aliphatic carbocycles. The molecule has 2 fully saturated rings. The molecule has 2 saturated heterocycles. The Balaban J connectivity index is 1.93.